The number of amides is 1. The van der Waals surface area contributed by atoms with Crippen molar-refractivity contribution in [2.45, 2.75) is 31.8 Å². The van der Waals surface area contributed by atoms with Crippen LogP contribution < -0.4 is 5.48 Å². The van der Waals surface area contributed by atoms with E-state index in [0.717, 1.165) is 24.4 Å². The third-order valence-corrected chi connectivity index (χ3v) is 2.87. The summed E-state index contributed by atoms with van der Waals surface area (Å²) in [5, 5.41) is 3.58. The van der Waals surface area contributed by atoms with Crippen LogP contribution >= 0.6 is 11.5 Å². The average Bonchev–Trinajstić information content (AvgIpc) is 2.87. The summed E-state index contributed by atoms with van der Waals surface area (Å²) >= 11 is 1.06. The van der Waals surface area contributed by atoms with Crippen LogP contribution in [0.2, 0.25) is 0 Å². The van der Waals surface area contributed by atoms with Crippen molar-refractivity contribution in [1.82, 2.24) is 15.1 Å². The zero-order chi connectivity index (χ0) is 9.80. The molecule has 2 rings (SSSR count). The molecule has 0 atom stereocenters. The van der Waals surface area contributed by atoms with E-state index in [2.05, 4.69) is 15.1 Å². The molecule has 0 spiro atoms. The van der Waals surface area contributed by atoms with Gasteiger partial charge in [-0.15, -0.1) is 5.10 Å². The van der Waals surface area contributed by atoms with Crippen LogP contribution in [0.1, 0.15) is 35.4 Å². The van der Waals surface area contributed by atoms with Crippen LogP contribution in [0.4, 0.5) is 0 Å². The van der Waals surface area contributed by atoms with E-state index in [4.69, 9.17) is 4.84 Å². The Hall–Kier alpha value is -1.01. The van der Waals surface area contributed by atoms with Gasteiger partial charge in [-0.05, 0) is 24.4 Å². The summed E-state index contributed by atoms with van der Waals surface area (Å²) in [6, 6.07) is 0. The van der Waals surface area contributed by atoms with Gasteiger partial charge in [0.15, 0.2) is 0 Å². The summed E-state index contributed by atoms with van der Waals surface area (Å²) in [7, 11) is 0. The molecule has 1 heterocycles. The van der Waals surface area contributed by atoms with Gasteiger partial charge in [0.1, 0.15) is 4.88 Å². The van der Waals surface area contributed by atoms with Crippen molar-refractivity contribution in [2.24, 2.45) is 0 Å². The molecule has 1 N–H and O–H groups in total. The second kappa shape index (κ2) is 4.47. The molecule has 1 saturated carbocycles. The minimum Gasteiger partial charge on any atom is -0.270 e. The van der Waals surface area contributed by atoms with Crippen LogP contribution in [0, 0.1) is 0 Å². The molecule has 0 radical (unpaired) electrons. The summed E-state index contributed by atoms with van der Waals surface area (Å²) in [5.74, 6) is -0.258. The zero-order valence-electron chi connectivity index (χ0n) is 7.60. The first-order valence-corrected chi connectivity index (χ1v) is 5.37. The van der Waals surface area contributed by atoms with Gasteiger partial charge < -0.3 is 0 Å². The van der Waals surface area contributed by atoms with Gasteiger partial charge in [0.2, 0.25) is 0 Å². The minimum atomic E-state index is -0.258. The third kappa shape index (κ3) is 2.27. The molecule has 5 nitrogen and oxygen atoms in total. The Bertz CT molecular complexity index is 296. The van der Waals surface area contributed by atoms with Crippen LogP contribution in [0.15, 0.2) is 6.20 Å². The first-order chi connectivity index (χ1) is 6.86. The molecule has 0 unspecified atom stereocenters. The van der Waals surface area contributed by atoms with Crippen molar-refractivity contribution < 1.29 is 9.63 Å². The number of hydrogen-bond acceptors (Lipinski definition) is 5. The number of aromatic nitrogens is 2. The van der Waals surface area contributed by atoms with Crippen LogP contribution in [0.5, 0.6) is 0 Å². The van der Waals surface area contributed by atoms with Crippen molar-refractivity contribution in [2.75, 3.05) is 0 Å². The maximum Gasteiger partial charge on any atom is 0.288 e. The van der Waals surface area contributed by atoms with E-state index in [1.165, 1.54) is 19.0 Å². The van der Waals surface area contributed by atoms with Crippen molar-refractivity contribution in [1.29, 1.82) is 0 Å². The highest BCUT2D eigenvalue weighted by molar-refractivity contribution is 7.07. The third-order valence-electron chi connectivity index (χ3n) is 2.21. The molecule has 0 aromatic carbocycles. The molecule has 76 valence electrons. The van der Waals surface area contributed by atoms with Gasteiger partial charge in [-0.25, -0.2) is 5.48 Å². The van der Waals surface area contributed by atoms with Gasteiger partial charge in [0.05, 0.1) is 12.3 Å². The summed E-state index contributed by atoms with van der Waals surface area (Å²) in [6.07, 6.45) is 6.03. The molecule has 1 aliphatic carbocycles. The summed E-state index contributed by atoms with van der Waals surface area (Å²) < 4.78 is 3.60. The monoisotopic (exact) mass is 213 g/mol. The second-order valence-corrected chi connectivity index (χ2v) is 4.02. The van der Waals surface area contributed by atoms with Crippen LogP contribution in [0.25, 0.3) is 0 Å². The van der Waals surface area contributed by atoms with Crippen molar-refractivity contribution in [3.8, 4) is 0 Å². The van der Waals surface area contributed by atoms with E-state index >= 15 is 0 Å². The smallest absolute Gasteiger partial charge is 0.270 e. The van der Waals surface area contributed by atoms with E-state index in [1.807, 2.05) is 0 Å². The van der Waals surface area contributed by atoms with Crippen LogP contribution in [-0.4, -0.2) is 21.6 Å². The van der Waals surface area contributed by atoms with Gasteiger partial charge in [-0.2, -0.15) is 0 Å². The summed E-state index contributed by atoms with van der Waals surface area (Å²) in [6.45, 7) is 0. The molecule has 14 heavy (non-hydrogen) atoms. The standard InChI is InChI=1S/C8H11N3O2S/c12-8(7-5-9-11-14-7)10-13-6-3-1-2-4-6/h5-6H,1-4H2,(H,10,12). The van der Waals surface area contributed by atoms with Crippen LogP contribution in [-0.2, 0) is 4.84 Å². The van der Waals surface area contributed by atoms with E-state index in [0.29, 0.717) is 4.88 Å². The lowest BCUT2D eigenvalue weighted by atomic mass is 10.3. The molecule has 1 aromatic rings. The van der Waals surface area contributed by atoms with Gasteiger partial charge >= 0.3 is 0 Å². The topological polar surface area (TPSA) is 64.1 Å². The molecule has 1 fully saturated rings. The molecule has 0 bridgehead atoms. The molecule has 1 amide bonds. The highest BCUT2D eigenvalue weighted by Crippen LogP contribution is 2.19. The first kappa shape index (κ1) is 9.54. The fourth-order valence-electron chi connectivity index (χ4n) is 1.46. The lowest BCUT2D eigenvalue weighted by molar-refractivity contribution is -0.0122. The normalized spacial score (nSPS) is 17.1. The Morgan fingerprint density at radius 2 is 2.36 bits per heavy atom. The number of nitrogens with zero attached hydrogens (tertiary/aromatic N) is 2. The van der Waals surface area contributed by atoms with E-state index in [-0.39, 0.29) is 12.0 Å². The SMILES string of the molecule is O=C(NOC1CCCC1)c1cnns1. The summed E-state index contributed by atoms with van der Waals surface area (Å²) in [5.41, 5.74) is 2.42. The predicted octanol–water partition coefficient (Wildman–Crippen LogP) is 1.14. The average molecular weight is 213 g/mol. The predicted molar refractivity (Wildman–Crippen MR) is 50.7 cm³/mol. The Labute approximate surface area is 85.6 Å². The highest BCUT2D eigenvalue weighted by Gasteiger charge is 2.17. The van der Waals surface area contributed by atoms with Gasteiger partial charge in [0, 0.05) is 0 Å². The lowest BCUT2D eigenvalue weighted by Gasteiger charge is -2.09. The Kier molecular flexibility index (Phi) is 3.05. The molecule has 0 saturated heterocycles. The Morgan fingerprint density at radius 3 is 3.00 bits per heavy atom. The Balaban J connectivity index is 1.78. The van der Waals surface area contributed by atoms with Gasteiger partial charge in [-0.1, -0.05) is 17.3 Å². The first-order valence-electron chi connectivity index (χ1n) is 4.59. The lowest BCUT2D eigenvalue weighted by Crippen LogP contribution is -2.27. The van der Waals surface area contributed by atoms with E-state index in [1.54, 1.807) is 0 Å². The summed E-state index contributed by atoms with van der Waals surface area (Å²) in [4.78, 5) is 17.1. The maximum atomic E-state index is 11.4. The van der Waals surface area contributed by atoms with E-state index in [9.17, 15) is 4.79 Å². The minimum absolute atomic E-state index is 0.180. The van der Waals surface area contributed by atoms with Crippen molar-refractivity contribution in [3.05, 3.63) is 11.1 Å². The largest absolute Gasteiger partial charge is 0.288 e. The zero-order valence-corrected chi connectivity index (χ0v) is 8.42. The fraction of sp³-hybridized carbons (Fsp3) is 0.625. The number of carbonyl (C=O) groups is 1. The number of carbonyl (C=O) groups excluding carboxylic acids is 1. The number of nitrogens with one attached hydrogen (secondary N) is 1. The molecule has 1 aliphatic rings. The van der Waals surface area contributed by atoms with Crippen molar-refractivity contribution in [3.63, 3.8) is 0 Å². The molecular weight excluding hydrogens is 202 g/mol. The van der Waals surface area contributed by atoms with E-state index < -0.39 is 0 Å². The fourth-order valence-corrected chi connectivity index (χ4v) is 1.86. The molecule has 0 aliphatic heterocycles. The maximum absolute atomic E-state index is 11.4. The van der Waals surface area contributed by atoms with Crippen LogP contribution in [0.3, 0.4) is 0 Å². The highest BCUT2D eigenvalue weighted by atomic mass is 32.1. The van der Waals surface area contributed by atoms with Gasteiger partial charge in [0.25, 0.3) is 5.91 Å². The number of rotatable bonds is 3. The molecule has 1 aromatic heterocycles. The Morgan fingerprint density at radius 1 is 1.57 bits per heavy atom. The number of hydroxylamine groups is 1. The number of hydrogen-bond donors (Lipinski definition) is 1. The molecular formula is C8H11N3O2S. The molecule has 6 heteroatoms. The van der Waals surface area contributed by atoms with Gasteiger partial charge in [-0.3, -0.25) is 9.63 Å². The van der Waals surface area contributed by atoms with Crippen molar-refractivity contribution >= 4 is 17.4 Å². The quantitative estimate of drug-likeness (QED) is 0.765. The second-order valence-electron chi connectivity index (χ2n) is 3.24.